The first kappa shape index (κ1) is 11.1. The summed E-state index contributed by atoms with van der Waals surface area (Å²) in [7, 11) is 2.97. The lowest BCUT2D eigenvalue weighted by molar-refractivity contribution is -0.0735. The van der Waals surface area contributed by atoms with E-state index in [4.69, 9.17) is 21.5 Å². The van der Waals surface area contributed by atoms with Crippen LogP contribution in [-0.2, 0) is 6.54 Å². The lowest BCUT2D eigenvalue weighted by atomic mass is 10.2. The predicted octanol–water partition coefficient (Wildman–Crippen LogP) is 1.88. The summed E-state index contributed by atoms with van der Waals surface area (Å²) in [5.41, 5.74) is 0.709. The van der Waals surface area contributed by atoms with Gasteiger partial charge in [0.25, 0.3) is 0 Å². The highest BCUT2D eigenvalue weighted by atomic mass is 35.5. The zero-order chi connectivity index (χ0) is 10.7. The van der Waals surface area contributed by atoms with Crippen molar-refractivity contribution in [3.05, 3.63) is 22.7 Å². The fourth-order valence-electron chi connectivity index (χ4n) is 1.18. The average molecular weight is 218 g/mol. The lowest BCUT2D eigenvalue weighted by Crippen LogP contribution is -2.12. The maximum absolute atomic E-state index is 9.30. The standard InChI is InChI=1S/C9H12ClNO3/c1-11(13)5-6-3-4-7(12)8(10)9(6)14-2/h3-4,12-13H,5H2,1-2H3. The number of ether oxygens (including phenoxy) is 1. The van der Waals surface area contributed by atoms with Crippen molar-refractivity contribution in [2.24, 2.45) is 0 Å². The topological polar surface area (TPSA) is 52.9 Å². The van der Waals surface area contributed by atoms with Crippen molar-refractivity contribution in [2.75, 3.05) is 14.2 Å². The molecule has 1 rings (SSSR count). The molecule has 5 heteroatoms. The molecule has 2 N–H and O–H groups in total. The summed E-state index contributed by atoms with van der Waals surface area (Å²) < 4.78 is 5.03. The molecule has 0 aromatic heterocycles. The van der Waals surface area contributed by atoms with Gasteiger partial charge in [-0.05, 0) is 6.07 Å². The van der Waals surface area contributed by atoms with Gasteiger partial charge in [0.1, 0.15) is 16.5 Å². The largest absolute Gasteiger partial charge is 0.506 e. The fraction of sp³-hybridized carbons (Fsp3) is 0.333. The van der Waals surface area contributed by atoms with Gasteiger partial charge in [-0.1, -0.05) is 17.7 Å². The summed E-state index contributed by atoms with van der Waals surface area (Å²) in [6.45, 7) is 0.281. The molecule has 0 amide bonds. The number of nitrogens with zero attached hydrogens (tertiary/aromatic N) is 1. The van der Waals surface area contributed by atoms with Gasteiger partial charge in [0, 0.05) is 12.6 Å². The maximum Gasteiger partial charge on any atom is 0.145 e. The van der Waals surface area contributed by atoms with E-state index in [0.29, 0.717) is 11.3 Å². The van der Waals surface area contributed by atoms with E-state index < -0.39 is 0 Å². The quantitative estimate of drug-likeness (QED) is 0.759. The summed E-state index contributed by atoms with van der Waals surface area (Å²) in [5, 5.41) is 19.5. The molecule has 78 valence electrons. The number of phenols is 1. The minimum Gasteiger partial charge on any atom is -0.506 e. The van der Waals surface area contributed by atoms with Crippen LogP contribution < -0.4 is 4.74 Å². The first-order chi connectivity index (χ1) is 6.56. The molecule has 0 saturated carbocycles. The Hall–Kier alpha value is -0.970. The molecular formula is C9H12ClNO3. The number of phenolic OH excluding ortho intramolecular Hbond substituents is 1. The Morgan fingerprint density at radius 1 is 1.50 bits per heavy atom. The van der Waals surface area contributed by atoms with Gasteiger partial charge in [-0.25, -0.2) is 0 Å². The molecule has 0 aliphatic carbocycles. The number of benzene rings is 1. The van der Waals surface area contributed by atoms with Crippen molar-refractivity contribution < 1.29 is 15.1 Å². The molecule has 14 heavy (non-hydrogen) atoms. The number of halogens is 1. The summed E-state index contributed by atoms with van der Waals surface area (Å²) in [4.78, 5) is 0. The van der Waals surface area contributed by atoms with E-state index in [1.54, 1.807) is 6.07 Å². The molecule has 4 nitrogen and oxygen atoms in total. The van der Waals surface area contributed by atoms with Crippen molar-refractivity contribution in [2.45, 2.75) is 6.54 Å². The molecule has 0 bridgehead atoms. The van der Waals surface area contributed by atoms with Crippen molar-refractivity contribution in [3.63, 3.8) is 0 Å². The van der Waals surface area contributed by atoms with Gasteiger partial charge in [-0.3, -0.25) is 0 Å². The Kier molecular flexibility index (Phi) is 3.57. The van der Waals surface area contributed by atoms with Crippen molar-refractivity contribution >= 4 is 11.6 Å². The van der Waals surface area contributed by atoms with Crippen LogP contribution in [-0.4, -0.2) is 29.5 Å². The molecule has 0 aliphatic heterocycles. The Morgan fingerprint density at radius 3 is 2.64 bits per heavy atom. The highest BCUT2D eigenvalue weighted by molar-refractivity contribution is 6.33. The lowest BCUT2D eigenvalue weighted by Gasteiger charge is -2.13. The molecular weight excluding hydrogens is 206 g/mol. The van der Waals surface area contributed by atoms with E-state index in [2.05, 4.69) is 0 Å². The van der Waals surface area contributed by atoms with E-state index in [0.717, 1.165) is 5.06 Å². The van der Waals surface area contributed by atoms with Crippen LogP contribution in [0.1, 0.15) is 5.56 Å². The first-order valence-corrected chi connectivity index (χ1v) is 4.38. The maximum atomic E-state index is 9.30. The monoisotopic (exact) mass is 217 g/mol. The zero-order valence-corrected chi connectivity index (χ0v) is 8.75. The van der Waals surface area contributed by atoms with Crippen LogP contribution in [0.3, 0.4) is 0 Å². The van der Waals surface area contributed by atoms with E-state index >= 15 is 0 Å². The predicted molar refractivity (Wildman–Crippen MR) is 52.9 cm³/mol. The highest BCUT2D eigenvalue weighted by Crippen LogP contribution is 2.36. The smallest absolute Gasteiger partial charge is 0.145 e. The van der Waals surface area contributed by atoms with Crippen LogP contribution >= 0.6 is 11.6 Å². The van der Waals surface area contributed by atoms with Gasteiger partial charge in [-0.2, -0.15) is 5.06 Å². The molecule has 0 spiro atoms. The van der Waals surface area contributed by atoms with E-state index in [1.807, 2.05) is 0 Å². The summed E-state index contributed by atoms with van der Waals surface area (Å²) in [6.07, 6.45) is 0. The summed E-state index contributed by atoms with van der Waals surface area (Å²) in [6, 6.07) is 3.11. The van der Waals surface area contributed by atoms with Crippen LogP contribution in [0.15, 0.2) is 12.1 Å². The Morgan fingerprint density at radius 2 is 2.14 bits per heavy atom. The van der Waals surface area contributed by atoms with Crippen molar-refractivity contribution in [3.8, 4) is 11.5 Å². The molecule has 0 aliphatic rings. The molecule has 1 aromatic carbocycles. The fourth-order valence-corrected chi connectivity index (χ4v) is 1.44. The number of hydroxylamine groups is 2. The first-order valence-electron chi connectivity index (χ1n) is 4.00. The molecule has 0 unspecified atom stereocenters. The second kappa shape index (κ2) is 4.50. The van der Waals surface area contributed by atoms with Crippen LogP contribution in [0.5, 0.6) is 11.5 Å². The Bertz CT molecular complexity index is 328. The van der Waals surface area contributed by atoms with Crippen LogP contribution in [0.4, 0.5) is 0 Å². The summed E-state index contributed by atoms with van der Waals surface area (Å²) >= 11 is 5.81. The van der Waals surface area contributed by atoms with Crippen LogP contribution in [0, 0.1) is 0 Å². The highest BCUT2D eigenvalue weighted by Gasteiger charge is 2.12. The van der Waals surface area contributed by atoms with Gasteiger partial charge >= 0.3 is 0 Å². The number of hydrogen-bond donors (Lipinski definition) is 2. The summed E-state index contributed by atoms with van der Waals surface area (Å²) in [5.74, 6) is 0.348. The SMILES string of the molecule is COc1c(CN(C)O)ccc(O)c1Cl. The minimum absolute atomic E-state index is 0.0344. The van der Waals surface area contributed by atoms with Gasteiger partial charge in [-0.15, -0.1) is 0 Å². The number of rotatable bonds is 3. The Balaban J connectivity index is 3.10. The van der Waals surface area contributed by atoms with Crippen LogP contribution in [0.2, 0.25) is 5.02 Å². The minimum atomic E-state index is -0.0344. The number of methoxy groups -OCH3 is 1. The normalized spacial score (nSPS) is 10.6. The Labute approximate surface area is 87.2 Å². The molecule has 0 atom stereocenters. The van der Waals surface area contributed by atoms with Gasteiger partial charge < -0.3 is 15.1 Å². The van der Waals surface area contributed by atoms with Gasteiger partial charge in [0.2, 0.25) is 0 Å². The van der Waals surface area contributed by atoms with Crippen molar-refractivity contribution in [1.29, 1.82) is 0 Å². The average Bonchev–Trinajstić information content (AvgIpc) is 2.11. The number of hydrogen-bond acceptors (Lipinski definition) is 4. The van der Waals surface area contributed by atoms with E-state index in [9.17, 15) is 5.11 Å². The third-order valence-electron chi connectivity index (χ3n) is 1.76. The van der Waals surface area contributed by atoms with Gasteiger partial charge in [0.15, 0.2) is 0 Å². The molecule has 0 fully saturated rings. The van der Waals surface area contributed by atoms with Gasteiger partial charge in [0.05, 0.1) is 13.7 Å². The van der Waals surface area contributed by atoms with E-state index in [1.165, 1.54) is 20.2 Å². The molecule has 1 aromatic rings. The van der Waals surface area contributed by atoms with Crippen molar-refractivity contribution in [1.82, 2.24) is 5.06 Å². The third kappa shape index (κ3) is 2.29. The van der Waals surface area contributed by atoms with E-state index in [-0.39, 0.29) is 17.3 Å². The molecule has 0 radical (unpaired) electrons. The second-order valence-corrected chi connectivity index (χ2v) is 3.28. The zero-order valence-electron chi connectivity index (χ0n) is 7.99. The molecule has 0 heterocycles. The number of aromatic hydroxyl groups is 1. The second-order valence-electron chi connectivity index (χ2n) is 2.91. The third-order valence-corrected chi connectivity index (χ3v) is 2.13. The van der Waals surface area contributed by atoms with Crippen LogP contribution in [0.25, 0.3) is 0 Å². The molecule has 0 saturated heterocycles.